The molecule has 0 heterocycles. The molecule has 35 heavy (non-hydrogen) atoms. The van der Waals surface area contributed by atoms with E-state index >= 15 is 0 Å². The zero-order chi connectivity index (χ0) is 25.4. The van der Waals surface area contributed by atoms with Crippen molar-refractivity contribution in [1.29, 1.82) is 0 Å². The first-order valence-electron chi connectivity index (χ1n) is 11.1. The third kappa shape index (κ3) is 6.32. The van der Waals surface area contributed by atoms with Gasteiger partial charge < -0.3 is 19.5 Å². The molecular formula is C26H30N2O6S. The molecule has 0 saturated carbocycles. The zero-order valence-corrected chi connectivity index (χ0v) is 21.0. The van der Waals surface area contributed by atoms with Crippen molar-refractivity contribution >= 4 is 27.3 Å². The average molecular weight is 499 g/mol. The standard InChI is InChI=1S/C26H30N2O6S/c1-5-28(21-11-7-6-8-12-21)35(30,31)23-14-15-25(33-4)24(17-23)27-26(29)19(2)34-18-20-10-9-13-22(16-20)32-3/h6-17,19H,5,18H2,1-4H3,(H,27,29). The normalized spacial score (nSPS) is 12.0. The first-order valence-corrected chi connectivity index (χ1v) is 12.5. The van der Waals surface area contributed by atoms with Gasteiger partial charge in [-0.25, -0.2) is 8.42 Å². The molecule has 3 aromatic carbocycles. The van der Waals surface area contributed by atoms with Crippen LogP contribution in [0.2, 0.25) is 0 Å². The molecule has 0 aliphatic carbocycles. The lowest BCUT2D eigenvalue weighted by Crippen LogP contribution is -2.31. The molecule has 0 radical (unpaired) electrons. The molecule has 0 fully saturated rings. The second-order valence-electron chi connectivity index (χ2n) is 7.66. The number of rotatable bonds is 11. The highest BCUT2D eigenvalue weighted by Crippen LogP contribution is 2.31. The highest BCUT2D eigenvalue weighted by atomic mass is 32.2. The largest absolute Gasteiger partial charge is 0.497 e. The number of methoxy groups -OCH3 is 2. The first kappa shape index (κ1) is 26.1. The smallest absolute Gasteiger partial charge is 0.264 e. The van der Waals surface area contributed by atoms with Gasteiger partial charge in [-0.3, -0.25) is 9.10 Å². The molecule has 1 unspecified atom stereocenters. The molecule has 8 nitrogen and oxygen atoms in total. The Morgan fingerprint density at radius 2 is 1.71 bits per heavy atom. The van der Waals surface area contributed by atoms with Crippen molar-refractivity contribution in [3.05, 3.63) is 78.4 Å². The molecule has 0 aromatic heterocycles. The number of hydrogen-bond acceptors (Lipinski definition) is 6. The zero-order valence-electron chi connectivity index (χ0n) is 20.2. The number of amides is 1. The number of nitrogens with one attached hydrogen (secondary N) is 1. The van der Waals surface area contributed by atoms with Crippen LogP contribution in [0.5, 0.6) is 11.5 Å². The number of anilines is 2. The fourth-order valence-electron chi connectivity index (χ4n) is 3.45. The molecule has 3 aromatic rings. The summed E-state index contributed by atoms with van der Waals surface area (Å²) >= 11 is 0. The number of ether oxygens (including phenoxy) is 3. The van der Waals surface area contributed by atoms with E-state index in [1.54, 1.807) is 45.2 Å². The molecule has 9 heteroatoms. The Kier molecular flexibility index (Phi) is 8.73. The molecule has 0 bridgehead atoms. The van der Waals surface area contributed by atoms with Gasteiger partial charge in [0.15, 0.2) is 0 Å². The van der Waals surface area contributed by atoms with Crippen molar-refractivity contribution in [3.63, 3.8) is 0 Å². The van der Waals surface area contributed by atoms with Gasteiger partial charge >= 0.3 is 0 Å². The summed E-state index contributed by atoms with van der Waals surface area (Å²) < 4.78 is 44.3. The molecule has 1 atom stereocenters. The van der Waals surface area contributed by atoms with Crippen LogP contribution in [0.15, 0.2) is 77.7 Å². The topological polar surface area (TPSA) is 94.2 Å². The van der Waals surface area contributed by atoms with E-state index in [0.29, 0.717) is 17.2 Å². The lowest BCUT2D eigenvalue weighted by Gasteiger charge is -2.23. The summed E-state index contributed by atoms with van der Waals surface area (Å²) in [7, 11) is -0.848. The van der Waals surface area contributed by atoms with E-state index in [4.69, 9.17) is 14.2 Å². The summed E-state index contributed by atoms with van der Waals surface area (Å²) in [5.74, 6) is 0.596. The molecular weight excluding hydrogens is 468 g/mol. The van der Waals surface area contributed by atoms with E-state index in [2.05, 4.69) is 5.32 Å². The van der Waals surface area contributed by atoms with Crippen LogP contribution in [0.25, 0.3) is 0 Å². The maximum Gasteiger partial charge on any atom is 0.264 e. The number of hydrogen-bond donors (Lipinski definition) is 1. The van der Waals surface area contributed by atoms with E-state index in [1.165, 1.54) is 29.6 Å². The van der Waals surface area contributed by atoms with Gasteiger partial charge in [0.2, 0.25) is 0 Å². The lowest BCUT2D eigenvalue weighted by molar-refractivity contribution is -0.127. The van der Waals surface area contributed by atoms with Gasteiger partial charge in [0, 0.05) is 6.54 Å². The van der Waals surface area contributed by atoms with Crippen molar-refractivity contribution in [1.82, 2.24) is 0 Å². The first-order chi connectivity index (χ1) is 16.8. The Hall–Kier alpha value is -3.56. The highest BCUT2D eigenvalue weighted by molar-refractivity contribution is 7.92. The molecule has 1 amide bonds. The van der Waals surface area contributed by atoms with Crippen LogP contribution in [-0.2, 0) is 26.2 Å². The van der Waals surface area contributed by atoms with Gasteiger partial charge in [0.05, 0.1) is 37.1 Å². The van der Waals surface area contributed by atoms with Crippen LogP contribution in [0.1, 0.15) is 19.4 Å². The van der Waals surface area contributed by atoms with Gasteiger partial charge in [0.25, 0.3) is 15.9 Å². The summed E-state index contributed by atoms with van der Waals surface area (Å²) in [5, 5.41) is 2.73. The van der Waals surface area contributed by atoms with Crippen LogP contribution in [0, 0.1) is 0 Å². The Morgan fingerprint density at radius 3 is 2.37 bits per heavy atom. The maximum atomic E-state index is 13.4. The average Bonchev–Trinajstić information content (AvgIpc) is 2.88. The van der Waals surface area contributed by atoms with Crippen LogP contribution in [0.3, 0.4) is 0 Å². The van der Waals surface area contributed by atoms with E-state index in [9.17, 15) is 13.2 Å². The third-order valence-electron chi connectivity index (χ3n) is 5.35. The molecule has 0 aliphatic heterocycles. The van der Waals surface area contributed by atoms with Crippen molar-refractivity contribution in [2.24, 2.45) is 0 Å². The quantitative estimate of drug-likeness (QED) is 0.419. The van der Waals surface area contributed by atoms with E-state index in [0.717, 1.165) is 5.56 Å². The number of carbonyl (C=O) groups is 1. The van der Waals surface area contributed by atoms with Gasteiger partial charge in [-0.15, -0.1) is 0 Å². The van der Waals surface area contributed by atoms with Crippen LogP contribution >= 0.6 is 0 Å². The number of benzene rings is 3. The van der Waals surface area contributed by atoms with Crippen molar-refractivity contribution in [3.8, 4) is 11.5 Å². The van der Waals surface area contributed by atoms with Crippen LogP contribution in [-0.4, -0.2) is 41.2 Å². The number of para-hydroxylation sites is 1. The minimum absolute atomic E-state index is 0.0317. The minimum Gasteiger partial charge on any atom is -0.497 e. The molecule has 0 aliphatic rings. The summed E-state index contributed by atoms with van der Waals surface area (Å²) in [5.41, 5.74) is 1.64. The van der Waals surface area contributed by atoms with Crippen molar-refractivity contribution in [2.75, 3.05) is 30.4 Å². The Bertz CT molecular complexity index is 1250. The summed E-state index contributed by atoms with van der Waals surface area (Å²) in [4.78, 5) is 12.9. The van der Waals surface area contributed by atoms with Crippen molar-refractivity contribution in [2.45, 2.75) is 31.5 Å². The van der Waals surface area contributed by atoms with Crippen molar-refractivity contribution < 1.29 is 27.4 Å². The molecule has 1 N–H and O–H groups in total. The van der Waals surface area contributed by atoms with Gasteiger partial charge in [-0.2, -0.15) is 0 Å². The fourth-order valence-corrected chi connectivity index (χ4v) is 4.95. The predicted octanol–water partition coefficient (Wildman–Crippen LogP) is 4.46. The number of nitrogens with zero attached hydrogens (tertiary/aromatic N) is 1. The minimum atomic E-state index is -3.88. The van der Waals surface area contributed by atoms with Crippen LogP contribution < -0.4 is 19.1 Å². The second kappa shape index (κ2) is 11.7. The summed E-state index contributed by atoms with van der Waals surface area (Å²) in [6.45, 7) is 3.84. The Morgan fingerprint density at radius 1 is 0.971 bits per heavy atom. The monoisotopic (exact) mass is 498 g/mol. The number of sulfonamides is 1. The lowest BCUT2D eigenvalue weighted by atomic mass is 10.2. The Labute approximate surface area is 206 Å². The summed E-state index contributed by atoms with van der Waals surface area (Å²) in [6.07, 6.45) is -0.803. The van der Waals surface area contributed by atoms with Gasteiger partial charge in [-0.1, -0.05) is 30.3 Å². The molecule has 3 rings (SSSR count). The maximum absolute atomic E-state index is 13.4. The molecule has 0 spiro atoms. The highest BCUT2D eigenvalue weighted by Gasteiger charge is 2.25. The van der Waals surface area contributed by atoms with Crippen LogP contribution in [0.4, 0.5) is 11.4 Å². The van der Waals surface area contributed by atoms with Gasteiger partial charge in [-0.05, 0) is 61.9 Å². The molecule has 186 valence electrons. The predicted molar refractivity (Wildman–Crippen MR) is 136 cm³/mol. The summed E-state index contributed by atoms with van der Waals surface area (Å²) in [6, 6.07) is 20.6. The molecule has 0 saturated heterocycles. The van der Waals surface area contributed by atoms with E-state index in [-0.39, 0.29) is 23.7 Å². The SMILES string of the molecule is CCN(c1ccccc1)S(=O)(=O)c1ccc(OC)c(NC(=O)C(C)OCc2cccc(OC)c2)c1. The van der Waals surface area contributed by atoms with E-state index < -0.39 is 22.0 Å². The van der Waals surface area contributed by atoms with Gasteiger partial charge in [0.1, 0.15) is 17.6 Å². The van der Waals surface area contributed by atoms with E-state index in [1.807, 2.05) is 30.3 Å². The second-order valence-corrected chi connectivity index (χ2v) is 9.52. The Balaban J connectivity index is 1.78. The fraction of sp³-hybridized carbons (Fsp3) is 0.269. The number of carbonyl (C=O) groups excluding carboxylic acids is 1. The third-order valence-corrected chi connectivity index (χ3v) is 7.25.